The van der Waals surface area contributed by atoms with Gasteiger partial charge >= 0.3 is 0 Å². The van der Waals surface area contributed by atoms with Crippen molar-refractivity contribution in [3.05, 3.63) is 0 Å². The molecule has 0 aromatic carbocycles. The number of rotatable bonds is 6. The van der Waals surface area contributed by atoms with E-state index in [-0.39, 0.29) is 11.9 Å². The van der Waals surface area contributed by atoms with Crippen LogP contribution in [0.15, 0.2) is 0 Å². The zero-order valence-electron chi connectivity index (χ0n) is 12.5. The Morgan fingerprint density at radius 2 is 1.84 bits per heavy atom. The van der Waals surface area contributed by atoms with Crippen molar-refractivity contribution in [1.82, 2.24) is 5.32 Å². The lowest BCUT2D eigenvalue weighted by Gasteiger charge is -2.34. The van der Waals surface area contributed by atoms with Crippen molar-refractivity contribution >= 4 is 23.1 Å². The molecule has 0 saturated heterocycles. The largest absolute Gasteiger partial charge is 0.392 e. The molecule has 0 aromatic rings. The standard InChI is InChI=1S/C15H28N2OS/c1-4-15(5-2,13(16)19)14(18)17-11(3)12-9-7-6-8-10-12/h11-12H,4-10H2,1-3H3,(H2,16,19)(H,17,18). The molecule has 0 heterocycles. The van der Waals surface area contributed by atoms with Gasteiger partial charge in [0.05, 0.1) is 10.4 Å². The van der Waals surface area contributed by atoms with Crippen LogP contribution in [-0.2, 0) is 4.79 Å². The highest BCUT2D eigenvalue weighted by atomic mass is 32.1. The van der Waals surface area contributed by atoms with Gasteiger partial charge in [0.15, 0.2) is 0 Å². The third-order valence-corrected chi connectivity index (χ3v) is 5.22. The van der Waals surface area contributed by atoms with Gasteiger partial charge in [-0.3, -0.25) is 4.79 Å². The summed E-state index contributed by atoms with van der Waals surface area (Å²) < 4.78 is 0. The topological polar surface area (TPSA) is 55.1 Å². The Labute approximate surface area is 122 Å². The van der Waals surface area contributed by atoms with Crippen molar-refractivity contribution in [2.45, 2.75) is 71.8 Å². The molecule has 0 spiro atoms. The predicted octanol–water partition coefficient (Wildman–Crippen LogP) is 3.16. The minimum atomic E-state index is -0.668. The van der Waals surface area contributed by atoms with E-state index in [1.54, 1.807) is 0 Å². The monoisotopic (exact) mass is 284 g/mol. The van der Waals surface area contributed by atoms with E-state index in [1.165, 1.54) is 32.1 Å². The molecule has 19 heavy (non-hydrogen) atoms. The first kappa shape index (κ1) is 16.4. The SMILES string of the molecule is CCC(CC)(C(=O)NC(C)C1CCCCC1)C(N)=S. The highest BCUT2D eigenvalue weighted by Crippen LogP contribution is 2.30. The molecule has 1 saturated carbocycles. The fourth-order valence-electron chi connectivity index (χ4n) is 3.13. The highest BCUT2D eigenvalue weighted by Gasteiger charge is 2.39. The molecule has 1 fully saturated rings. The molecule has 0 radical (unpaired) electrons. The molecule has 3 N–H and O–H groups in total. The summed E-state index contributed by atoms with van der Waals surface area (Å²) in [6.07, 6.45) is 7.68. The van der Waals surface area contributed by atoms with E-state index in [4.69, 9.17) is 18.0 Å². The summed E-state index contributed by atoms with van der Waals surface area (Å²) in [5.74, 6) is 0.624. The van der Waals surface area contributed by atoms with E-state index in [2.05, 4.69) is 12.2 Å². The van der Waals surface area contributed by atoms with Crippen molar-refractivity contribution in [2.24, 2.45) is 17.1 Å². The van der Waals surface area contributed by atoms with E-state index in [0.717, 1.165) is 0 Å². The van der Waals surface area contributed by atoms with Crippen LogP contribution in [0.1, 0.15) is 65.7 Å². The maximum atomic E-state index is 12.5. The summed E-state index contributed by atoms with van der Waals surface area (Å²) >= 11 is 5.13. The number of hydrogen-bond donors (Lipinski definition) is 2. The molecule has 1 aliphatic rings. The Balaban J connectivity index is 2.68. The molecule has 4 heteroatoms. The molecule has 1 unspecified atom stereocenters. The van der Waals surface area contributed by atoms with Crippen LogP contribution >= 0.6 is 12.2 Å². The Kier molecular flexibility index (Phi) is 6.24. The maximum Gasteiger partial charge on any atom is 0.233 e. The molecular formula is C15H28N2OS. The number of carbonyl (C=O) groups excluding carboxylic acids is 1. The first-order valence-electron chi connectivity index (χ1n) is 7.58. The van der Waals surface area contributed by atoms with Gasteiger partial charge in [0.2, 0.25) is 5.91 Å². The van der Waals surface area contributed by atoms with Crippen LogP contribution in [-0.4, -0.2) is 16.9 Å². The van der Waals surface area contributed by atoms with Crippen LogP contribution in [0, 0.1) is 11.3 Å². The molecular weight excluding hydrogens is 256 g/mol. The van der Waals surface area contributed by atoms with Crippen molar-refractivity contribution < 1.29 is 4.79 Å². The number of carbonyl (C=O) groups is 1. The van der Waals surface area contributed by atoms with Gasteiger partial charge in [0.1, 0.15) is 0 Å². The average Bonchev–Trinajstić information content (AvgIpc) is 2.41. The lowest BCUT2D eigenvalue weighted by Crippen LogP contribution is -2.52. The second-order valence-corrected chi connectivity index (χ2v) is 6.25. The number of amides is 1. The van der Waals surface area contributed by atoms with Crippen LogP contribution in [0.5, 0.6) is 0 Å². The van der Waals surface area contributed by atoms with Crippen LogP contribution in [0.3, 0.4) is 0 Å². The fraction of sp³-hybridized carbons (Fsp3) is 0.867. The quantitative estimate of drug-likeness (QED) is 0.737. The molecule has 1 atom stereocenters. The van der Waals surface area contributed by atoms with Crippen LogP contribution in [0.4, 0.5) is 0 Å². The van der Waals surface area contributed by atoms with Gasteiger partial charge in [-0.15, -0.1) is 0 Å². The Morgan fingerprint density at radius 3 is 2.26 bits per heavy atom. The van der Waals surface area contributed by atoms with E-state index >= 15 is 0 Å². The summed E-state index contributed by atoms with van der Waals surface area (Å²) in [4.78, 5) is 12.9. The van der Waals surface area contributed by atoms with Crippen LogP contribution < -0.4 is 11.1 Å². The Bertz CT molecular complexity index is 320. The first-order valence-corrected chi connectivity index (χ1v) is 7.99. The van der Waals surface area contributed by atoms with Gasteiger partial charge in [-0.2, -0.15) is 0 Å². The second kappa shape index (κ2) is 7.22. The zero-order valence-corrected chi connectivity index (χ0v) is 13.3. The van der Waals surface area contributed by atoms with Gasteiger partial charge in [-0.05, 0) is 38.5 Å². The number of thiocarbonyl (C=S) groups is 1. The number of hydrogen-bond acceptors (Lipinski definition) is 2. The average molecular weight is 284 g/mol. The lowest BCUT2D eigenvalue weighted by atomic mass is 9.79. The maximum absolute atomic E-state index is 12.5. The zero-order chi connectivity index (χ0) is 14.5. The summed E-state index contributed by atoms with van der Waals surface area (Å²) in [6, 6.07) is 0.222. The fourth-order valence-corrected chi connectivity index (χ4v) is 3.51. The second-order valence-electron chi connectivity index (χ2n) is 5.81. The summed E-state index contributed by atoms with van der Waals surface area (Å²) in [5, 5.41) is 3.17. The van der Waals surface area contributed by atoms with E-state index < -0.39 is 5.41 Å². The molecule has 0 bridgehead atoms. The van der Waals surface area contributed by atoms with Crippen molar-refractivity contribution in [3.63, 3.8) is 0 Å². The smallest absolute Gasteiger partial charge is 0.233 e. The van der Waals surface area contributed by atoms with Gasteiger partial charge in [0, 0.05) is 6.04 Å². The van der Waals surface area contributed by atoms with Crippen LogP contribution in [0.25, 0.3) is 0 Å². The van der Waals surface area contributed by atoms with E-state index in [9.17, 15) is 4.79 Å². The summed E-state index contributed by atoms with van der Waals surface area (Å²) in [7, 11) is 0. The van der Waals surface area contributed by atoms with E-state index in [0.29, 0.717) is 23.7 Å². The third-order valence-electron chi connectivity index (χ3n) is 4.83. The van der Waals surface area contributed by atoms with Crippen molar-refractivity contribution in [3.8, 4) is 0 Å². The highest BCUT2D eigenvalue weighted by molar-refractivity contribution is 7.80. The van der Waals surface area contributed by atoms with Crippen molar-refractivity contribution in [1.29, 1.82) is 0 Å². The number of nitrogens with two attached hydrogens (primary N) is 1. The van der Waals surface area contributed by atoms with Crippen LogP contribution in [0.2, 0.25) is 0 Å². The molecule has 0 aliphatic heterocycles. The van der Waals surface area contributed by atoms with Gasteiger partial charge < -0.3 is 11.1 Å². The van der Waals surface area contributed by atoms with E-state index in [1.807, 2.05) is 13.8 Å². The Morgan fingerprint density at radius 1 is 1.32 bits per heavy atom. The molecule has 1 aliphatic carbocycles. The molecule has 1 rings (SSSR count). The summed E-state index contributed by atoms with van der Waals surface area (Å²) in [5.41, 5.74) is 5.15. The van der Waals surface area contributed by atoms with Gasteiger partial charge in [-0.25, -0.2) is 0 Å². The molecule has 110 valence electrons. The molecule has 0 aromatic heterocycles. The predicted molar refractivity (Wildman–Crippen MR) is 84.0 cm³/mol. The minimum absolute atomic E-state index is 0.0167. The number of nitrogens with one attached hydrogen (secondary N) is 1. The van der Waals surface area contributed by atoms with Crippen molar-refractivity contribution in [2.75, 3.05) is 0 Å². The third kappa shape index (κ3) is 3.68. The molecule has 1 amide bonds. The lowest BCUT2D eigenvalue weighted by molar-refractivity contribution is -0.128. The summed E-state index contributed by atoms with van der Waals surface area (Å²) in [6.45, 7) is 6.07. The normalized spacial score (nSPS) is 18.9. The first-order chi connectivity index (χ1) is 8.97. The van der Waals surface area contributed by atoms with Gasteiger partial charge in [-0.1, -0.05) is 45.3 Å². The minimum Gasteiger partial charge on any atom is -0.392 e. The van der Waals surface area contributed by atoms with Gasteiger partial charge in [0.25, 0.3) is 0 Å². The Hall–Kier alpha value is -0.640. The molecule has 3 nitrogen and oxygen atoms in total.